The first kappa shape index (κ1) is 13.3. The van der Waals surface area contributed by atoms with Gasteiger partial charge in [-0.25, -0.2) is 9.97 Å². The number of nitrogens with one attached hydrogen (secondary N) is 2. The number of para-hydroxylation sites is 1. The summed E-state index contributed by atoms with van der Waals surface area (Å²) in [5.41, 5.74) is 0.942. The summed E-state index contributed by atoms with van der Waals surface area (Å²) >= 11 is 7.01. The summed E-state index contributed by atoms with van der Waals surface area (Å²) in [6, 6.07) is 7.77. The van der Waals surface area contributed by atoms with E-state index in [1.807, 2.05) is 38.2 Å². The normalized spacial score (nSPS) is 10.2. The molecule has 0 atom stereocenters. The first-order valence-electron chi connectivity index (χ1n) is 5.34. The van der Waals surface area contributed by atoms with Gasteiger partial charge in [0.15, 0.2) is 0 Å². The monoisotopic (exact) mass is 370 g/mol. The molecule has 0 spiro atoms. The average molecular weight is 372 g/mol. The molecule has 94 valence electrons. The van der Waals surface area contributed by atoms with Crippen LogP contribution < -0.4 is 10.6 Å². The number of hydrogen-bond acceptors (Lipinski definition) is 4. The van der Waals surface area contributed by atoms with Crippen LogP contribution in [0.25, 0.3) is 0 Å². The number of anilines is 3. The molecule has 0 bridgehead atoms. The molecule has 2 aromatic rings. The SMILES string of the molecule is CNc1cc(Nc2c(Br)cccc2Br)nc(C)n1. The van der Waals surface area contributed by atoms with E-state index in [1.165, 1.54) is 0 Å². The molecule has 2 rings (SSSR count). The molecule has 18 heavy (non-hydrogen) atoms. The minimum absolute atomic E-state index is 0.715. The average Bonchev–Trinajstić information content (AvgIpc) is 2.33. The van der Waals surface area contributed by atoms with Gasteiger partial charge in [-0.05, 0) is 50.9 Å². The number of hydrogen-bond donors (Lipinski definition) is 2. The van der Waals surface area contributed by atoms with Crippen LogP contribution in [-0.4, -0.2) is 17.0 Å². The third-order valence-electron chi connectivity index (χ3n) is 2.31. The predicted molar refractivity (Wildman–Crippen MR) is 81.4 cm³/mol. The van der Waals surface area contributed by atoms with Gasteiger partial charge in [0.25, 0.3) is 0 Å². The summed E-state index contributed by atoms with van der Waals surface area (Å²) in [7, 11) is 1.83. The number of nitrogens with zero attached hydrogens (tertiary/aromatic N) is 2. The zero-order chi connectivity index (χ0) is 13.1. The number of halogens is 2. The summed E-state index contributed by atoms with van der Waals surface area (Å²) in [5, 5.41) is 6.28. The smallest absolute Gasteiger partial charge is 0.136 e. The maximum Gasteiger partial charge on any atom is 0.136 e. The van der Waals surface area contributed by atoms with Gasteiger partial charge in [-0.1, -0.05) is 6.07 Å². The first-order chi connectivity index (χ1) is 8.60. The van der Waals surface area contributed by atoms with E-state index in [4.69, 9.17) is 0 Å². The Morgan fingerprint density at radius 1 is 1.06 bits per heavy atom. The lowest BCUT2D eigenvalue weighted by atomic mass is 10.3. The molecule has 0 aliphatic carbocycles. The fourth-order valence-corrected chi connectivity index (χ4v) is 2.70. The first-order valence-corrected chi connectivity index (χ1v) is 6.93. The van der Waals surface area contributed by atoms with Gasteiger partial charge in [-0.15, -0.1) is 0 Å². The summed E-state index contributed by atoms with van der Waals surface area (Å²) < 4.78 is 1.94. The standard InChI is InChI=1S/C12H12Br2N4/c1-7-16-10(15-2)6-11(17-7)18-12-8(13)4-3-5-9(12)14/h3-6H,1-2H3,(H2,15,16,17,18). The van der Waals surface area contributed by atoms with Crippen molar-refractivity contribution in [2.24, 2.45) is 0 Å². The summed E-state index contributed by atoms with van der Waals surface area (Å²) in [6.07, 6.45) is 0. The molecule has 0 amide bonds. The van der Waals surface area contributed by atoms with Gasteiger partial charge in [-0.2, -0.15) is 0 Å². The molecule has 0 aliphatic rings. The molecule has 4 nitrogen and oxygen atoms in total. The quantitative estimate of drug-likeness (QED) is 0.852. The van der Waals surface area contributed by atoms with Crippen molar-refractivity contribution in [2.75, 3.05) is 17.7 Å². The second-order valence-electron chi connectivity index (χ2n) is 3.66. The zero-order valence-electron chi connectivity index (χ0n) is 9.96. The molecule has 6 heteroatoms. The van der Waals surface area contributed by atoms with Crippen LogP contribution in [0.15, 0.2) is 33.2 Å². The van der Waals surface area contributed by atoms with Gasteiger partial charge >= 0.3 is 0 Å². The van der Waals surface area contributed by atoms with E-state index in [0.717, 1.165) is 26.3 Å². The topological polar surface area (TPSA) is 49.8 Å². The van der Waals surface area contributed by atoms with Crippen molar-refractivity contribution in [1.82, 2.24) is 9.97 Å². The lowest BCUT2D eigenvalue weighted by Crippen LogP contribution is -2.01. The molecule has 0 aliphatic heterocycles. The van der Waals surface area contributed by atoms with E-state index in [0.29, 0.717) is 5.82 Å². The molecular formula is C12H12Br2N4. The highest BCUT2D eigenvalue weighted by Crippen LogP contribution is 2.32. The second kappa shape index (κ2) is 5.67. The van der Waals surface area contributed by atoms with E-state index in [9.17, 15) is 0 Å². The van der Waals surface area contributed by atoms with Gasteiger partial charge < -0.3 is 10.6 Å². The summed E-state index contributed by atoms with van der Waals surface area (Å²) in [5.74, 6) is 2.25. The molecule has 0 saturated carbocycles. The highest BCUT2D eigenvalue weighted by molar-refractivity contribution is 9.11. The van der Waals surface area contributed by atoms with E-state index in [2.05, 4.69) is 52.5 Å². The Kier molecular flexibility index (Phi) is 4.19. The molecule has 2 N–H and O–H groups in total. The Morgan fingerprint density at radius 3 is 2.28 bits per heavy atom. The molecule has 0 unspecified atom stereocenters. The van der Waals surface area contributed by atoms with Crippen LogP contribution in [0.2, 0.25) is 0 Å². The van der Waals surface area contributed by atoms with E-state index >= 15 is 0 Å². The lowest BCUT2D eigenvalue weighted by Gasteiger charge is -2.11. The van der Waals surface area contributed by atoms with Crippen molar-refractivity contribution in [1.29, 1.82) is 0 Å². The maximum absolute atomic E-state index is 4.36. The van der Waals surface area contributed by atoms with Crippen molar-refractivity contribution in [3.8, 4) is 0 Å². The maximum atomic E-state index is 4.36. The summed E-state index contributed by atoms with van der Waals surface area (Å²) in [6.45, 7) is 1.86. The van der Waals surface area contributed by atoms with Crippen LogP contribution in [-0.2, 0) is 0 Å². The molecular weight excluding hydrogens is 360 g/mol. The fourth-order valence-electron chi connectivity index (χ4n) is 1.51. The third-order valence-corrected chi connectivity index (χ3v) is 3.63. The predicted octanol–water partition coefficient (Wildman–Crippen LogP) is 4.10. The van der Waals surface area contributed by atoms with Crippen LogP contribution in [0.3, 0.4) is 0 Å². The molecule has 1 heterocycles. The van der Waals surface area contributed by atoms with Crippen LogP contribution in [0, 0.1) is 6.92 Å². The number of benzene rings is 1. The third kappa shape index (κ3) is 3.00. The number of aryl methyl sites for hydroxylation is 1. The lowest BCUT2D eigenvalue weighted by molar-refractivity contribution is 1.05. The fraction of sp³-hybridized carbons (Fsp3) is 0.167. The Labute approximate surface area is 122 Å². The Hall–Kier alpha value is -1.14. The van der Waals surface area contributed by atoms with Gasteiger partial charge in [0.05, 0.1) is 5.69 Å². The molecule has 1 aromatic heterocycles. The molecule has 0 fully saturated rings. The minimum atomic E-state index is 0.715. The van der Waals surface area contributed by atoms with Crippen molar-refractivity contribution >= 4 is 49.2 Å². The van der Waals surface area contributed by atoms with Gasteiger partial charge in [0, 0.05) is 22.1 Å². The Balaban J connectivity index is 2.37. The largest absolute Gasteiger partial charge is 0.373 e. The van der Waals surface area contributed by atoms with Gasteiger partial charge in [0.1, 0.15) is 17.5 Å². The number of rotatable bonds is 3. The Morgan fingerprint density at radius 2 is 1.67 bits per heavy atom. The highest BCUT2D eigenvalue weighted by Gasteiger charge is 2.07. The Bertz CT molecular complexity index is 552. The van der Waals surface area contributed by atoms with Crippen molar-refractivity contribution in [2.45, 2.75) is 6.92 Å². The van der Waals surface area contributed by atoms with Crippen molar-refractivity contribution in [3.63, 3.8) is 0 Å². The molecule has 0 saturated heterocycles. The molecule has 1 aromatic carbocycles. The summed E-state index contributed by atoms with van der Waals surface area (Å²) in [4.78, 5) is 8.61. The van der Waals surface area contributed by atoms with Crippen LogP contribution in [0.4, 0.5) is 17.3 Å². The second-order valence-corrected chi connectivity index (χ2v) is 5.37. The van der Waals surface area contributed by atoms with Crippen molar-refractivity contribution < 1.29 is 0 Å². The van der Waals surface area contributed by atoms with E-state index < -0.39 is 0 Å². The van der Waals surface area contributed by atoms with E-state index in [1.54, 1.807) is 0 Å². The van der Waals surface area contributed by atoms with Crippen molar-refractivity contribution in [3.05, 3.63) is 39.0 Å². The van der Waals surface area contributed by atoms with Crippen LogP contribution >= 0.6 is 31.9 Å². The van der Waals surface area contributed by atoms with E-state index in [-0.39, 0.29) is 0 Å². The molecule has 0 radical (unpaired) electrons. The van der Waals surface area contributed by atoms with Gasteiger partial charge in [-0.3, -0.25) is 0 Å². The minimum Gasteiger partial charge on any atom is -0.373 e. The van der Waals surface area contributed by atoms with Crippen LogP contribution in [0.5, 0.6) is 0 Å². The highest BCUT2D eigenvalue weighted by atomic mass is 79.9. The zero-order valence-corrected chi connectivity index (χ0v) is 13.1. The number of aromatic nitrogens is 2. The van der Waals surface area contributed by atoms with Crippen LogP contribution in [0.1, 0.15) is 5.82 Å². The van der Waals surface area contributed by atoms with Gasteiger partial charge in [0.2, 0.25) is 0 Å².